The van der Waals surface area contributed by atoms with E-state index in [1.807, 2.05) is 18.2 Å². The first-order valence-corrected chi connectivity index (χ1v) is 8.79. The van der Waals surface area contributed by atoms with E-state index in [1.165, 1.54) is 5.56 Å². The predicted molar refractivity (Wildman–Crippen MR) is 101 cm³/mol. The number of hydrogen-bond donors (Lipinski definition) is 0. The first-order chi connectivity index (χ1) is 13.1. The maximum Gasteiger partial charge on any atom is 0.342 e. The normalized spacial score (nSPS) is 14.4. The van der Waals surface area contributed by atoms with Gasteiger partial charge in [-0.2, -0.15) is 0 Å². The van der Waals surface area contributed by atoms with Gasteiger partial charge >= 0.3 is 5.97 Å². The van der Waals surface area contributed by atoms with Crippen LogP contribution in [0, 0.1) is 13.8 Å². The maximum atomic E-state index is 12.5. The van der Waals surface area contributed by atoms with Crippen molar-refractivity contribution in [2.24, 2.45) is 0 Å². The zero-order valence-electron chi connectivity index (χ0n) is 15.3. The lowest BCUT2D eigenvalue weighted by Gasteiger charge is -2.17. The van der Waals surface area contributed by atoms with E-state index in [2.05, 4.69) is 26.0 Å². The van der Waals surface area contributed by atoms with Crippen molar-refractivity contribution >= 4 is 16.7 Å². The van der Waals surface area contributed by atoms with Crippen LogP contribution < -0.4 is 14.2 Å². The van der Waals surface area contributed by atoms with Crippen molar-refractivity contribution in [1.82, 2.24) is 0 Å². The van der Waals surface area contributed by atoms with Crippen LogP contribution in [-0.4, -0.2) is 19.9 Å². The number of benzene rings is 3. The predicted octanol–water partition coefficient (Wildman–Crippen LogP) is 4.53. The van der Waals surface area contributed by atoms with Crippen LogP contribution in [0.25, 0.3) is 21.9 Å². The summed E-state index contributed by atoms with van der Waals surface area (Å²) >= 11 is 0. The third kappa shape index (κ3) is 2.21. The van der Waals surface area contributed by atoms with Crippen LogP contribution in [0.5, 0.6) is 17.2 Å². The smallest absolute Gasteiger partial charge is 0.342 e. The Morgan fingerprint density at radius 1 is 0.889 bits per heavy atom. The van der Waals surface area contributed by atoms with Crippen LogP contribution in [0.1, 0.15) is 27.0 Å². The van der Waals surface area contributed by atoms with Gasteiger partial charge in [-0.25, -0.2) is 4.79 Å². The Morgan fingerprint density at radius 2 is 1.63 bits per heavy atom. The number of ether oxygens (including phenoxy) is 4. The van der Waals surface area contributed by atoms with Crippen LogP contribution in [0.4, 0.5) is 0 Å². The van der Waals surface area contributed by atoms with Gasteiger partial charge in [-0.1, -0.05) is 12.1 Å². The molecule has 0 unspecified atom stereocenters. The molecule has 0 saturated carbocycles. The molecule has 2 aliphatic heterocycles. The highest BCUT2D eigenvalue weighted by molar-refractivity contribution is 6.11. The highest BCUT2D eigenvalue weighted by atomic mass is 16.7. The average Bonchev–Trinajstić information content (AvgIpc) is 3.27. The van der Waals surface area contributed by atoms with Gasteiger partial charge in [0.2, 0.25) is 6.79 Å². The number of aryl methyl sites for hydroxylation is 2. The molecule has 0 saturated heterocycles. The standard InChI is InChI=1S/C22H18O5/c1-11-6-14-15(7-12(11)2)21(24-3)20-16(9-25-22(20)23)19(14)13-4-5-17-18(8-13)27-10-26-17/h4-8H,9-10H2,1-3H3. The van der Waals surface area contributed by atoms with Crippen molar-refractivity contribution in [3.8, 4) is 28.4 Å². The summed E-state index contributed by atoms with van der Waals surface area (Å²) in [6.07, 6.45) is 0. The Bertz CT molecular complexity index is 1130. The van der Waals surface area contributed by atoms with Gasteiger partial charge in [-0.3, -0.25) is 0 Å². The number of esters is 1. The number of fused-ring (bicyclic) bond motifs is 3. The van der Waals surface area contributed by atoms with Gasteiger partial charge in [0.15, 0.2) is 11.5 Å². The summed E-state index contributed by atoms with van der Waals surface area (Å²) in [7, 11) is 1.59. The summed E-state index contributed by atoms with van der Waals surface area (Å²) in [5, 5.41) is 1.94. The van der Waals surface area contributed by atoms with E-state index < -0.39 is 0 Å². The lowest BCUT2D eigenvalue weighted by Crippen LogP contribution is -2.02. The zero-order chi connectivity index (χ0) is 18.7. The molecule has 0 amide bonds. The number of methoxy groups -OCH3 is 1. The molecule has 0 aliphatic carbocycles. The summed E-state index contributed by atoms with van der Waals surface area (Å²) in [5.41, 5.74) is 5.63. The molecule has 0 radical (unpaired) electrons. The third-order valence-corrected chi connectivity index (χ3v) is 5.40. The van der Waals surface area contributed by atoms with E-state index in [4.69, 9.17) is 18.9 Å². The Morgan fingerprint density at radius 3 is 2.41 bits per heavy atom. The molecule has 3 aromatic carbocycles. The molecule has 27 heavy (non-hydrogen) atoms. The van der Waals surface area contributed by atoms with Gasteiger partial charge in [0, 0.05) is 10.9 Å². The molecule has 0 bridgehead atoms. The topological polar surface area (TPSA) is 54.0 Å². The Hall–Kier alpha value is -3.21. The average molecular weight is 362 g/mol. The Balaban J connectivity index is 1.92. The SMILES string of the molecule is COc1c2c(c(-c3ccc4c(c3)OCO4)c3cc(C)c(C)cc13)COC2=O. The van der Waals surface area contributed by atoms with Crippen LogP contribution >= 0.6 is 0 Å². The van der Waals surface area contributed by atoms with Crippen molar-refractivity contribution in [2.45, 2.75) is 20.5 Å². The molecule has 0 N–H and O–H groups in total. The highest BCUT2D eigenvalue weighted by Crippen LogP contribution is 2.47. The van der Waals surface area contributed by atoms with Crippen LogP contribution in [0.2, 0.25) is 0 Å². The molecule has 0 fully saturated rings. The van der Waals surface area contributed by atoms with E-state index >= 15 is 0 Å². The molecule has 2 aliphatic rings. The van der Waals surface area contributed by atoms with Crippen molar-refractivity contribution in [3.05, 3.63) is 52.6 Å². The fourth-order valence-corrected chi connectivity index (χ4v) is 3.93. The van der Waals surface area contributed by atoms with E-state index in [0.29, 0.717) is 17.1 Å². The molecule has 3 aromatic rings. The Kier molecular flexibility index (Phi) is 3.34. The lowest BCUT2D eigenvalue weighted by molar-refractivity contribution is 0.0533. The van der Waals surface area contributed by atoms with E-state index in [0.717, 1.165) is 38.8 Å². The van der Waals surface area contributed by atoms with Gasteiger partial charge in [0.05, 0.1) is 7.11 Å². The number of carbonyl (C=O) groups excluding carboxylic acids is 1. The van der Waals surface area contributed by atoms with Crippen molar-refractivity contribution < 1.29 is 23.7 Å². The van der Waals surface area contributed by atoms with Gasteiger partial charge in [-0.05, 0) is 59.7 Å². The van der Waals surface area contributed by atoms with Crippen molar-refractivity contribution in [1.29, 1.82) is 0 Å². The van der Waals surface area contributed by atoms with Crippen molar-refractivity contribution in [2.75, 3.05) is 13.9 Å². The molecule has 0 spiro atoms. The molecular formula is C22H18O5. The summed E-state index contributed by atoms with van der Waals surface area (Å²) < 4.78 is 22.0. The van der Waals surface area contributed by atoms with Crippen LogP contribution in [-0.2, 0) is 11.3 Å². The van der Waals surface area contributed by atoms with Gasteiger partial charge in [0.1, 0.15) is 17.9 Å². The lowest BCUT2D eigenvalue weighted by atomic mass is 9.88. The fourth-order valence-electron chi connectivity index (χ4n) is 3.93. The van der Waals surface area contributed by atoms with Gasteiger partial charge in [0.25, 0.3) is 0 Å². The molecule has 136 valence electrons. The molecule has 0 atom stereocenters. The summed E-state index contributed by atoms with van der Waals surface area (Å²) in [6.45, 7) is 4.59. The van der Waals surface area contributed by atoms with E-state index in [-0.39, 0.29) is 19.4 Å². The second-order valence-corrected chi connectivity index (χ2v) is 6.89. The van der Waals surface area contributed by atoms with E-state index in [1.54, 1.807) is 7.11 Å². The van der Waals surface area contributed by atoms with Gasteiger partial charge in [-0.15, -0.1) is 0 Å². The summed E-state index contributed by atoms with van der Waals surface area (Å²) in [5.74, 6) is 1.67. The molecule has 5 rings (SSSR count). The van der Waals surface area contributed by atoms with Crippen LogP contribution in [0.15, 0.2) is 30.3 Å². The zero-order valence-corrected chi connectivity index (χ0v) is 15.3. The quantitative estimate of drug-likeness (QED) is 0.627. The third-order valence-electron chi connectivity index (χ3n) is 5.40. The molecule has 5 nitrogen and oxygen atoms in total. The van der Waals surface area contributed by atoms with Crippen molar-refractivity contribution in [3.63, 3.8) is 0 Å². The molecule has 0 aromatic heterocycles. The maximum absolute atomic E-state index is 12.5. The number of cyclic esters (lactones) is 1. The highest BCUT2D eigenvalue weighted by Gasteiger charge is 2.32. The Labute approximate surface area is 156 Å². The van der Waals surface area contributed by atoms with Gasteiger partial charge < -0.3 is 18.9 Å². The summed E-state index contributed by atoms with van der Waals surface area (Å²) in [6, 6.07) is 10.1. The van der Waals surface area contributed by atoms with Crippen LogP contribution in [0.3, 0.4) is 0 Å². The molecular weight excluding hydrogens is 344 g/mol. The number of rotatable bonds is 2. The molecule has 2 heterocycles. The minimum Gasteiger partial charge on any atom is -0.495 e. The second kappa shape index (κ2) is 5.64. The first kappa shape index (κ1) is 16.0. The first-order valence-electron chi connectivity index (χ1n) is 8.79. The number of carbonyl (C=O) groups is 1. The number of hydrogen-bond acceptors (Lipinski definition) is 5. The summed E-state index contributed by atoms with van der Waals surface area (Å²) in [4.78, 5) is 12.5. The van der Waals surface area contributed by atoms with E-state index in [9.17, 15) is 4.79 Å². The second-order valence-electron chi connectivity index (χ2n) is 6.89. The monoisotopic (exact) mass is 362 g/mol. The fraction of sp³-hybridized carbons (Fsp3) is 0.227. The largest absolute Gasteiger partial charge is 0.495 e. The molecule has 5 heteroatoms. The minimum absolute atomic E-state index is 0.222. The minimum atomic E-state index is -0.344.